The standard InChI is InChI=1S/C15H18N3/c1-3-8-17-9-10-18(13(17)2)12-15-6-4-14(11-16)5-7-15/h4-7,9-10H,3,8,12H2,1-2H3/q+1. The van der Waals surface area contributed by atoms with Crippen LogP contribution in [0, 0.1) is 18.3 Å². The van der Waals surface area contributed by atoms with Gasteiger partial charge in [0.25, 0.3) is 5.82 Å². The van der Waals surface area contributed by atoms with E-state index in [9.17, 15) is 0 Å². The molecule has 2 aromatic rings. The number of aryl methyl sites for hydroxylation is 1. The molecule has 0 radical (unpaired) electrons. The minimum absolute atomic E-state index is 0.712. The molecule has 1 aromatic carbocycles. The number of nitriles is 1. The van der Waals surface area contributed by atoms with E-state index in [0.29, 0.717) is 5.56 Å². The lowest BCUT2D eigenvalue weighted by molar-refractivity contribution is -0.694. The average molecular weight is 240 g/mol. The van der Waals surface area contributed by atoms with Crippen LogP contribution < -0.4 is 4.57 Å². The molecule has 0 aliphatic heterocycles. The van der Waals surface area contributed by atoms with Crippen molar-refractivity contribution in [3.05, 3.63) is 53.6 Å². The molecule has 0 spiro atoms. The first-order valence-electron chi connectivity index (χ1n) is 6.29. The van der Waals surface area contributed by atoms with Crippen molar-refractivity contribution >= 4 is 0 Å². The largest absolute Gasteiger partial charge is 0.253 e. The number of benzene rings is 1. The average Bonchev–Trinajstić information content (AvgIpc) is 2.73. The van der Waals surface area contributed by atoms with E-state index in [0.717, 1.165) is 19.5 Å². The van der Waals surface area contributed by atoms with E-state index < -0.39 is 0 Å². The molecule has 3 nitrogen and oxygen atoms in total. The highest BCUT2D eigenvalue weighted by Gasteiger charge is 2.11. The van der Waals surface area contributed by atoms with Crippen LogP contribution in [0.3, 0.4) is 0 Å². The number of hydrogen-bond donors (Lipinski definition) is 0. The summed E-state index contributed by atoms with van der Waals surface area (Å²) in [6.45, 7) is 6.24. The molecule has 1 heterocycles. The Bertz CT molecular complexity index is 558. The number of imidazole rings is 1. The molecular formula is C15H18N3+. The van der Waals surface area contributed by atoms with E-state index in [1.165, 1.54) is 11.4 Å². The van der Waals surface area contributed by atoms with E-state index in [4.69, 9.17) is 5.26 Å². The van der Waals surface area contributed by atoms with Crippen LogP contribution in [0.4, 0.5) is 0 Å². The zero-order chi connectivity index (χ0) is 13.0. The van der Waals surface area contributed by atoms with Crippen molar-refractivity contribution in [2.24, 2.45) is 0 Å². The summed E-state index contributed by atoms with van der Waals surface area (Å²) in [5.74, 6) is 1.27. The first-order valence-corrected chi connectivity index (χ1v) is 6.29. The summed E-state index contributed by atoms with van der Waals surface area (Å²) in [6.07, 6.45) is 5.39. The molecule has 0 N–H and O–H groups in total. The first-order chi connectivity index (χ1) is 8.74. The summed E-state index contributed by atoms with van der Waals surface area (Å²) in [6, 6.07) is 9.91. The predicted octanol–water partition coefficient (Wildman–Crippen LogP) is 2.41. The first kappa shape index (κ1) is 12.4. The van der Waals surface area contributed by atoms with Crippen LogP contribution in [0.15, 0.2) is 36.7 Å². The third-order valence-corrected chi connectivity index (χ3v) is 3.16. The molecule has 0 unspecified atom stereocenters. The molecule has 0 bridgehead atoms. The predicted molar refractivity (Wildman–Crippen MR) is 69.9 cm³/mol. The van der Waals surface area contributed by atoms with E-state index in [-0.39, 0.29) is 0 Å². The van der Waals surface area contributed by atoms with E-state index in [1.807, 2.05) is 24.3 Å². The van der Waals surface area contributed by atoms with Crippen LogP contribution in [0.25, 0.3) is 0 Å². The van der Waals surface area contributed by atoms with Gasteiger partial charge in [-0.05, 0) is 24.1 Å². The number of aromatic nitrogens is 2. The van der Waals surface area contributed by atoms with Crippen LogP contribution >= 0.6 is 0 Å². The van der Waals surface area contributed by atoms with Crippen LogP contribution in [-0.4, -0.2) is 4.57 Å². The lowest BCUT2D eigenvalue weighted by atomic mass is 10.1. The second-order valence-corrected chi connectivity index (χ2v) is 4.48. The van der Waals surface area contributed by atoms with Crippen molar-refractivity contribution < 1.29 is 4.57 Å². The van der Waals surface area contributed by atoms with Gasteiger partial charge in [-0.1, -0.05) is 19.1 Å². The summed E-state index contributed by atoms with van der Waals surface area (Å²) < 4.78 is 4.50. The van der Waals surface area contributed by atoms with Crippen molar-refractivity contribution in [3.8, 4) is 6.07 Å². The van der Waals surface area contributed by atoms with Gasteiger partial charge in [0, 0.05) is 6.92 Å². The quantitative estimate of drug-likeness (QED) is 0.755. The van der Waals surface area contributed by atoms with E-state index in [2.05, 4.69) is 41.4 Å². The summed E-state index contributed by atoms with van der Waals surface area (Å²) in [5, 5.41) is 8.77. The van der Waals surface area contributed by atoms with Gasteiger partial charge in [-0.25, -0.2) is 9.13 Å². The summed E-state index contributed by atoms with van der Waals surface area (Å²) in [7, 11) is 0. The fraction of sp³-hybridized carbons (Fsp3) is 0.333. The molecule has 18 heavy (non-hydrogen) atoms. The molecule has 0 atom stereocenters. The van der Waals surface area contributed by atoms with Crippen LogP contribution in [0.2, 0.25) is 0 Å². The second kappa shape index (κ2) is 5.50. The van der Waals surface area contributed by atoms with Crippen molar-refractivity contribution in [3.63, 3.8) is 0 Å². The van der Waals surface area contributed by atoms with Gasteiger partial charge in [0.1, 0.15) is 18.9 Å². The summed E-state index contributed by atoms with van der Waals surface area (Å²) >= 11 is 0. The van der Waals surface area contributed by atoms with Gasteiger partial charge in [0.2, 0.25) is 0 Å². The topological polar surface area (TPSA) is 32.6 Å². The minimum atomic E-state index is 0.712. The number of nitrogens with zero attached hydrogens (tertiary/aromatic N) is 3. The smallest absolute Gasteiger partial charge is 0.234 e. The molecule has 1 aromatic heterocycles. The third-order valence-electron chi connectivity index (χ3n) is 3.16. The van der Waals surface area contributed by atoms with Gasteiger partial charge >= 0.3 is 0 Å². The SMILES string of the molecule is CCCn1cc[n+](Cc2ccc(C#N)cc2)c1C. The highest BCUT2D eigenvalue weighted by molar-refractivity contribution is 5.31. The zero-order valence-corrected chi connectivity index (χ0v) is 10.9. The molecule has 3 heteroatoms. The second-order valence-electron chi connectivity index (χ2n) is 4.48. The van der Waals surface area contributed by atoms with Crippen molar-refractivity contribution in [1.82, 2.24) is 4.57 Å². The zero-order valence-electron chi connectivity index (χ0n) is 10.9. The molecule has 0 fully saturated rings. The molecule has 2 rings (SSSR count). The Kier molecular flexibility index (Phi) is 3.78. The van der Waals surface area contributed by atoms with Gasteiger partial charge < -0.3 is 0 Å². The highest BCUT2D eigenvalue weighted by atomic mass is 15.1. The third kappa shape index (κ3) is 2.60. The maximum atomic E-state index is 8.77. The van der Waals surface area contributed by atoms with E-state index in [1.54, 1.807) is 0 Å². The van der Waals surface area contributed by atoms with Crippen LogP contribution in [-0.2, 0) is 13.1 Å². The van der Waals surface area contributed by atoms with E-state index >= 15 is 0 Å². The fourth-order valence-electron chi connectivity index (χ4n) is 2.07. The lowest BCUT2D eigenvalue weighted by Crippen LogP contribution is -2.36. The molecule has 0 aliphatic carbocycles. The molecule has 0 saturated carbocycles. The fourth-order valence-corrected chi connectivity index (χ4v) is 2.07. The summed E-state index contributed by atoms with van der Waals surface area (Å²) in [5.41, 5.74) is 1.93. The monoisotopic (exact) mass is 240 g/mol. The molecule has 0 aliphatic rings. The Morgan fingerprint density at radius 1 is 1.28 bits per heavy atom. The normalized spacial score (nSPS) is 10.3. The molecule has 0 amide bonds. The maximum Gasteiger partial charge on any atom is 0.253 e. The Balaban J connectivity index is 2.15. The molecule has 92 valence electrons. The molecular weight excluding hydrogens is 222 g/mol. The van der Waals surface area contributed by atoms with Crippen molar-refractivity contribution in [2.45, 2.75) is 33.4 Å². The lowest BCUT2D eigenvalue weighted by Gasteiger charge is -2.01. The number of hydrogen-bond acceptors (Lipinski definition) is 1. The molecule has 0 saturated heterocycles. The Morgan fingerprint density at radius 2 is 2.00 bits per heavy atom. The maximum absolute atomic E-state index is 8.77. The van der Waals surface area contributed by atoms with Crippen molar-refractivity contribution in [2.75, 3.05) is 0 Å². The van der Waals surface area contributed by atoms with Gasteiger partial charge in [-0.2, -0.15) is 5.26 Å². The van der Waals surface area contributed by atoms with Gasteiger partial charge in [0.05, 0.1) is 18.2 Å². The number of rotatable bonds is 4. The summed E-state index contributed by atoms with van der Waals surface area (Å²) in [4.78, 5) is 0. The van der Waals surface area contributed by atoms with Gasteiger partial charge in [-0.3, -0.25) is 0 Å². The van der Waals surface area contributed by atoms with Gasteiger partial charge in [0.15, 0.2) is 0 Å². The Hall–Kier alpha value is -2.08. The highest BCUT2D eigenvalue weighted by Crippen LogP contribution is 2.04. The Morgan fingerprint density at radius 3 is 2.61 bits per heavy atom. The van der Waals surface area contributed by atoms with Crippen LogP contribution in [0.5, 0.6) is 0 Å². The minimum Gasteiger partial charge on any atom is -0.234 e. The van der Waals surface area contributed by atoms with Crippen molar-refractivity contribution in [1.29, 1.82) is 5.26 Å². The van der Waals surface area contributed by atoms with Crippen LogP contribution in [0.1, 0.15) is 30.3 Å². The Labute approximate surface area is 108 Å². The van der Waals surface area contributed by atoms with Gasteiger partial charge in [-0.15, -0.1) is 0 Å².